The van der Waals surface area contributed by atoms with Gasteiger partial charge in [-0.15, -0.1) is 11.3 Å². The summed E-state index contributed by atoms with van der Waals surface area (Å²) in [6, 6.07) is 4.11. The highest BCUT2D eigenvalue weighted by molar-refractivity contribution is 7.10. The minimum absolute atomic E-state index is 0.0547. The Kier molecular flexibility index (Phi) is 3.31. The molecule has 0 fully saturated rings. The molecule has 4 heteroatoms. The Balaban J connectivity index is 2.68. The Morgan fingerprint density at radius 1 is 1.69 bits per heavy atom. The normalized spacial score (nSPS) is 12.2. The first-order chi connectivity index (χ1) is 6.16. The largest absolute Gasteiger partial charge is 0.341 e. The van der Waals surface area contributed by atoms with Gasteiger partial charge in [-0.3, -0.25) is 0 Å². The summed E-state index contributed by atoms with van der Waals surface area (Å²) in [4.78, 5) is 14.2. The van der Waals surface area contributed by atoms with Crippen molar-refractivity contribution in [1.82, 2.24) is 10.2 Å². The van der Waals surface area contributed by atoms with Gasteiger partial charge in [-0.25, -0.2) is 4.79 Å². The van der Waals surface area contributed by atoms with Crippen molar-refractivity contribution in [1.29, 1.82) is 0 Å². The Morgan fingerprint density at radius 3 is 2.85 bits per heavy atom. The predicted molar refractivity (Wildman–Crippen MR) is 55.0 cm³/mol. The molecule has 0 aliphatic carbocycles. The number of amides is 2. The second kappa shape index (κ2) is 4.28. The third-order valence-corrected chi connectivity index (χ3v) is 3.11. The molecule has 0 aromatic carbocycles. The molecule has 0 bridgehead atoms. The third kappa shape index (κ3) is 2.21. The number of urea groups is 1. The van der Waals surface area contributed by atoms with Crippen molar-refractivity contribution in [2.24, 2.45) is 0 Å². The van der Waals surface area contributed by atoms with E-state index in [0.717, 1.165) is 0 Å². The van der Waals surface area contributed by atoms with Crippen molar-refractivity contribution in [3.63, 3.8) is 0 Å². The van der Waals surface area contributed by atoms with Gasteiger partial charge in [-0.05, 0) is 18.4 Å². The van der Waals surface area contributed by atoms with Crippen LogP contribution in [0.1, 0.15) is 17.8 Å². The Morgan fingerprint density at radius 2 is 2.38 bits per heavy atom. The van der Waals surface area contributed by atoms with Crippen LogP contribution in [0.25, 0.3) is 0 Å². The lowest BCUT2D eigenvalue weighted by Crippen LogP contribution is -2.36. The fourth-order valence-corrected chi connectivity index (χ4v) is 1.90. The molecule has 1 aromatic rings. The highest BCUT2D eigenvalue weighted by Crippen LogP contribution is 2.22. The fourth-order valence-electron chi connectivity index (χ4n) is 1.07. The fraction of sp³-hybridized carbons (Fsp3) is 0.444. The molecule has 1 unspecified atom stereocenters. The third-order valence-electron chi connectivity index (χ3n) is 2.07. The Bertz CT molecular complexity index is 271. The number of carbonyl (C=O) groups excluding carboxylic acids is 1. The van der Waals surface area contributed by atoms with Crippen LogP contribution in [0.5, 0.6) is 0 Å². The molecule has 0 radical (unpaired) electrons. The molecule has 1 atom stereocenters. The number of thiophene rings is 1. The van der Waals surface area contributed by atoms with Crippen LogP contribution in [0.4, 0.5) is 4.79 Å². The average Bonchev–Trinajstić information content (AvgIpc) is 2.67. The van der Waals surface area contributed by atoms with Crippen molar-refractivity contribution >= 4 is 17.4 Å². The number of rotatable bonds is 2. The van der Waals surface area contributed by atoms with Crippen LogP contribution < -0.4 is 5.32 Å². The van der Waals surface area contributed by atoms with E-state index >= 15 is 0 Å². The summed E-state index contributed by atoms with van der Waals surface area (Å²) < 4.78 is 0. The summed E-state index contributed by atoms with van der Waals surface area (Å²) in [7, 11) is 3.43. The van der Waals surface area contributed by atoms with Crippen LogP contribution in [-0.2, 0) is 0 Å². The topological polar surface area (TPSA) is 32.3 Å². The van der Waals surface area contributed by atoms with Crippen molar-refractivity contribution in [2.45, 2.75) is 13.0 Å². The van der Waals surface area contributed by atoms with Crippen molar-refractivity contribution in [3.8, 4) is 0 Å². The quantitative estimate of drug-likeness (QED) is 0.775. The molecular formula is C9H14N2OS. The van der Waals surface area contributed by atoms with Crippen molar-refractivity contribution in [3.05, 3.63) is 22.4 Å². The highest BCUT2D eigenvalue weighted by atomic mass is 32.1. The van der Waals surface area contributed by atoms with Crippen molar-refractivity contribution in [2.75, 3.05) is 14.1 Å². The second-order valence-corrected chi connectivity index (χ2v) is 3.84. The monoisotopic (exact) mass is 198 g/mol. The molecule has 2 amide bonds. The van der Waals surface area contributed by atoms with Gasteiger partial charge in [0, 0.05) is 19.0 Å². The van der Waals surface area contributed by atoms with Crippen LogP contribution in [0.15, 0.2) is 17.5 Å². The van der Waals surface area contributed by atoms with Gasteiger partial charge >= 0.3 is 6.03 Å². The van der Waals surface area contributed by atoms with Gasteiger partial charge in [0.05, 0.1) is 6.04 Å². The van der Waals surface area contributed by atoms with E-state index in [-0.39, 0.29) is 12.1 Å². The van der Waals surface area contributed by atoms with Crippen LogP contribution in [0, 0.1) is 0 Å². The first kappa shape index (κ1) is 10.1. The molecule has 0 saturated carbocycles. The minimum atomic E-state index is -0.0547. The van der Waals surface area contributed by atoms with Gasteiger partial charge in [-0.2, -0.15) is 0 Å². The zero-order valence-electron chi connectivity index (χ0n) is 8.07. The molecule has 1 N–H and O–H groups in total. The van der Waals surface area contributed by atoms with Gasteiger partial charge in [0.15, 0.2) is 0 Å². The molecule has 3 nitrogen and oxygen atoms in total. The molecule has 1 heterocycles. The van der Waals surface area contributed by atoms with E-state index in [2.05, 4.69) is 5.32 Å². The smallest absolute Gasteiger partial charge is 0.317 e. The standard InChI is InChI=1S/C9H14N2OS/c1-7(8-5-4-6-13-8)11(3)9(12)10-2/h4-7H,1-3H3,(H,10,12). The van der Waals surface area contributed by atoms with Crippen LogP contribution >= 0.6 is 11.3 Å². The van der Waals surface area contributed by atoms with E-state index < -0.39 is 0 Å². The molecule has 0 saturated heterocycles. The molecular weight excluding hydrogens is 184 g/mol. The number of carbonyl (C=O) groups is 1. The first-order valence-corrected chi connectivity index (χ1v) is 5.02. The number of nitrogens with zero attached hydrogens (tertiary/aromatic N) is 1. The van der Waals surface area contributed by atoms with Gasteiger partial charge in [0.2, 0.25) is 0 Å². The molecule has 72 valence electrons. The lowest BCUT2D eigenvalue weighted by atomic mass is 10.2. The summed E-state index contributed by atoms with van der Waals surface area (Å²) in [6.07, 6.45) is 0. The van der Waals surface area contributed by atoms with E-state index in [9.17, 15) is 4.79 Å². The average molecular weight is 198 g/mol. The van der Waals surface area contributed by atoms with Crippen LogP contribution in [-0.4, -0.2) is 25.0 Å². The Labute approximate surface area is 82.4 Å². The summed E-state index contributed by atoms with van der Waals surface area (Å²) in [5.41, 5.74) is 0. The SMILES string of the molecule is CNC(=O)N(C)C(C)c1cccs1. The molecule has 0 aliphatic rings. The number of nitrogens with one attached hydrogen (secondary N) is 1. The summed E-state index contributed by atoms with van der Waals surface area (Å²) >= 11 is 1.67. The second-order valence-electron chi connectivity index (χ2n) is 2.86. The highest BCUT2D eigenvalue weighted by Gasteiger charge is 2.16. The predicted octanol–water partition coefficient (Wildman–Crippen LogP) is 2.08. The van der Waals surface area contributed by atoms with E-state index in [0.29, 0.717) is 0 Å². The van der Waals surface area contributed by atoms with Crippen LogP contribution in [0.2, 0.25) is 0 Å². The van der Waals surface area contributed by atoms with Crippen LogP contribution in [0.3, 0.4) is 0 Å². The Hall–Kier alpha value is -1.03. The lowest BCUT2D eigenvalue weighted by Gasteiger charge is -2.23. The molecule has 0 spiro atoms. The van der Waals surface area contributed by atoms with E-state index in [1.54, 1.807) is 30.3 Å². The minimum Gasteiger partial charge on any atom is -0.341 e. The molecule has 1 rings (SSSR count). The summed E-state index contributed by atoms with van der Waals surface area (Å²) in [5, 5.41) is 4.62. The lowest BCUT2D eigenvalue weighted by molar-refractivity contribution is 0.197. The van der Waals surface area contributed by atoms with Crippen molar-refractivity contribution < 1.29 is 4.79 Å². The molecule has 1 aromatic heterocycles. The number of hydrogen-bond acceptors (Lipinski definition) is 2. The van der Waals surface area contributed by atoms with Gasteiger partial charge < -0.3 is 10.2 Å². The van der Waals surface area contributed by atoms with E-state index in [1.807, 2.05) is 24.4 Å². The zero-order valence-corrected chi connectivity index (χ0v) is 8.89. The van der Waals surface area contributed by atoms with Gasteiger partial charge in [0.25, 0.3) is 0 Å². The van der Waals surface area contributed by atoms with Gasteiger partial charge in [0.1, 0.15) is 0 Å². The maximum absolute atomic E-state index is 11.3. The number of hydrogen-bond donors (Lipinski definition) is 1. The summed E-state index contributed by atoms with van der Waals surface area (Å²) in [6.45, 7) is 2.01. The molecule has 0 aliphatic heterocycles. The van der Waals surface area contributed by atoms with E-state index in [4.69, 9.17) is 0 Å². The van der Waals surface area contributed by atoms with Gasteiger partial charge in [-0.1, -0.05) is 6.07 Å². The first-order valence-electron chi connectivity index (χ1n) is 4.14. The molecule has 13 heavy (non-hydrogen) atoms. The van der Waals surface area contributed by atoms with E-state index in [1.165, 1.54) is 4.88 Å². The summed E-state index contributed by atoms with van der Waals surface area (Å²) in [5.74, 6) is 0. The zero-order chi connectivity index (χ0) is 9.84. The maximum atomic E-state index is 11.3. The maximum Gasteiger partial charge on any atom is 0.317 e.